The average molecular weight is 227 g/mol. The first-order valence-electron chi connectivity index (χ1n) is 6.88. The Balaban J connectivity index is 2.34. The maximum absolute atomic E-state index is 5.19. The molecule has 0 aromatic heterocycles. The summed E-state index contributed by atoms with van der Waals surface area (Å²) in [7, 11) is 1.79. The molecule has 3 atom stereocenters. The van der Waals surface area contributed by atoms with Crippen molar-refractivity contribution in [2.24, 2.45) is 11.8 Å². The third-order valence-corrected chi connectivity index (χ3v) is 3.82. The maximum atomic E-state index is 5.19. The molecule has 2 nitrogen and oxygen atoms in total. The van der Waals surface area contributed by atoms with Gasteiger partial charge in [0.15, 0.2) is 0 Å². The van der Waals surface area contributed by atoms with Crippen LogP contribution in [-0.4, -0.2) is 25.8 Å². The van der Waals surface area contributed by atoms with Crippen molar-refractivity contribution in [1.82, 2.24) is 5.32 Å². The molecule has 1 aliphatic rings. The first-order chi connectivity index (χ1) is 7.63. The molecule has 0 radical (unpaired) electrons. The Morgan fingerprint density at radius 1 is 1.31 bits per heavy atom. The zero-order valence-corrected chi connectivity index (χ0v) is 11.5. The van der Waals surface area contributed by atoms with Crippen LogP contribution in [0.3, 0.4) is 0 Å². The van der Waals surface area contributed by atoms with E-state index in [1.807, 2.05) is 0 Å². The van der Waals surface area contributed by atoms with Crippen molar-refractivity contribution < 1.29 is 4.74 Å². The van der Waals surface area contributed by atoms with Crippen LogP contribution in [0.2, 0.25) is 0 Å². The standard InChI is InChI=1S/C14H29NO/c1-11(2)14(8-9-16-4)15-13-7-5-6-12(3)10-13/h11-15H,5-10H2,1-4H3. The lowest BCUT2D eigenvalue weighted by Crippen LogP contribution is -2.44. The SMILES string of the molecule is COCCC(NC1CCCC(C)C1)C(C)C. The van der Waals surface area contributed by atoms with E-state index in [0.717, 1.165) is 25.0 Å². The molecule has 0 aromatic carbocycles. The number of nitrogens with one attached hydrogen (secondary N) is 1. The van der Waals surface area contributed by atoms with Gasteiger partial charge in [0.1, 0.15) is 0 Å². The van der Waals surface area contributed by atoms with Crippen molar-refractivity contribution in [2.45, 2.75) is 65.0 Å². The molecular weight excluding hydrogens is 198 g/mol. The predicted molar refractivity (Wildman–Crippen MR) is 69.7 cm³/mol. The van der Waals surface area contributed by atoms with Crippen LogP contribution in [0.25, 0.3) is 0 Å². The van der Waals surface area contributed by atoms with Gasteiger partial charge in [-0.1, -0.05) is 33.6 Å². The molecule has 2 heteroatoms. The molecule has 1 N–H and O–H groups in total. The molecule has 1 saturated carbocycles. The molecular formula is C14H29NO. The third kappa shape index (κ3) is 4.84. The Bertz CT molecular complexity index is 182. The summed E-state index contributed by atoms with van der Waals surface area (Å²) in [6.45, 7) is 7.87. The van der Waals surface area contributed by atoms with E-state index in [4.69, 9.17) is 4.74 Å². The van der Waals surface area contributed by atoms with Gasteiger partial charge >= 0.3 is 0 Å². The van der Waals surface area contributed by atoms with Gasteiger partial charge in [0.25, 0.3) is 0 Å². The van der Waals surface area contributed by atoms with Crippen LogP contribution in [-0.2, 0) is 4.74 Å². The Kier molecular flexibility index (Phi) is 6.37. The fourth-order valence-electron chi connectivity index (χ4n) is 2.74. The molecule has 3 unspecified atom stereocenters. The average Bonchev–Trinajstić information content (AvgIpc) is 2.24. The minimum atomic E-state index is 0.621. The summed E-state index contributed by atoms with van der Waals surface area (Å²) >= 11 is 0. The molecule has 0 amide bonds. The number of ether oxygens (including phenoxy) is 1. The van der Waals surface area contributed by atoms with E-state index in [1.54, 1.807) is 7.11 Å². The fraction of sp³-hybridized carbons (Fsp3) is 1.00. The van der Waals surface area contributed by atoms with Crippen LogP contribution in [0.4, 0.5) is 0 Å². The predicted octanol–water partition coefficient (Wildman–Crippen LogP) is 3.22. The van der Waals surface area contributed by atoms with Crippen molar-refractivity contribution in [3.05, 3.63) is 0 Å². The number of methoxy groups -OCH3 is 1. The lowest BCUT2D eigenvalue weighted by Gasteiger charge is -2.33. The minimum absolute atomic E-state index is 0.621. The minimum Gasteiger partial charge on any atom is -0.385 e. The highest BCUT2D eigenvalue weighted by molar-refractivity contribution is 4.81. The van der Waals surface area contributed by atoms with Crippen LogP contribution < -0.4 is 5.32 Å². The summed E-state index contributed by atoms with van der Waals surface area (Å²) in [6, 6.07) is 1.36. The zero-order chi connectivity index (χ0) is 12.0. The lowest BCUT2D eigenvalue weighted by molar-refractivity contribution is 0.163. The van der Waals surface area contributed by atoms with Crippen LogP contribution >= 0.6 is 0 Å². The normalized spacial score (nSPS) is 28.3. The van der Waals surface area contributed by atoms with Gasteiger partial charge in [-0.15, -0.1) is 0 Å². The van der Waals surface area contributed by atoms with Gasteiger partial charge in [-0.2, -0.15) is 0 Å². The third-order valence-electron chi connectivity index (χ3n) is 3.82. The van der Waals surface area contributed by atoms with Crippen molar-refractivity contribution >= 4 is 0 Å². The van der Waals surface area contributed by atoms with E-state index in [1.165, 1.54) is 25.7 Å². The fourth-order valence-corrected chi connectivity index (χ4v) is 2.74. The van der Waals surface area contributed by atoms with E-state index >= 15 is 0 Å². The molecule has 0 heterocycles. The first-order valence-corrected chi connectivity index (χ1v) is 6.88. The summed E-state index contributed by atoms with van der Waals surface area (Å²) in [5, 5.41) is 3.84. The van der Waals surface area contributed by atoms with E-state index in [2.05, 4.69) is 26.1 Å². The molecule has 0 bridgehead atoms. The van der Waals surface area contributed by atoms with Gasteiger partial charge < -0.3 is 10.1 Å². The smallest absolute Gasteiger partial charge is 0.0477 e. The van der Waals surface area contributed by atoms with Gasteiger partial charge in [-0.05, 0) is 31.1 Å². The molecule has 0 aromatic rings. The van der Waals surface area contributed by atoms with Crippen molar-refractivity contribution in [3.63, 3.8) is 0 Å². The molecule has 1 aliphatic carbocycles. The van der Waals surface area contributed by atoms with E-state index in [-0.39, 0.29) is 0 Å². The molecule has 0 saturated heterocycles. The second kappa shape index (κ2) is 7.29. The Hall–Kier alpha value is -0.0800. The van der Waals surface area contributed by atoms with Gasteiger partial charge in [0.2, 0.25) is 0 Å². The zero-order valence-electron chi connectivity index (χ0n) is 11.5. The number of hydrogen-bond donors (Lipinski definition) is 1. The van der Waals surface area contributed by atoms with Crippen LogP contribution in [0.15, 0.2) is 0 Å². The van der Waals surface area contributed by atoms with Crippen LogP contribution in [0.5, 0.6) is 0 Å². The van der Waals surface area contributed by atoms with E-state index in [0.29, 0.717) is 12.0 Å². The van der Waals surface area contributed by atoms with Gasteiger partial charge in [0, 0.05) is 25.8 Å². The quantitative estimate of drug-likeness (QED) is 0.752. The lowest BCUT2D eigenvalue weighted by atomic mass is 9.86. The largest absolute Gasteiger partial charge is 0.385 e. The molecule has 1 fully saturated rings. The van der Waals surface area contributed by atoms with Crippen molar-refractivity contribution in [1.29, 1.82) is 0 Å². The van der Waals surface area contributed by atoms with Gasteiger partial charge in [0.05, 0.1) is 0 Å². The van der Waals surface area contributed by atoms with Crippen molar-refractivity contribution in [3.8, 4) is 0 Å². The number of hydrogen-bond acceptors (Lipinski definition) is 2. The Morgan fingerprint density at radius 3 is 2.62 bits per heavy atom. The Labute approximate surface area is 101 Å². The number of rotatable bonds is 6. The highest BCUT2D eigenvalue weighted by Crippen LogP contribution is 2.24. The van der Waals surface area contributed by atoms with Gasteiger partial charge in [-0.3, -0.25) is 0 Å². The summed E-state index contributed by atoms with van der Waals surface area (Å²) in [5.74, 6) is 1.61. The topological polar surface area (TPSA) is 21.3 Å². The molecule has 96 valence electrons. The first kappa shape index (κ1) is 14.0. The summed E-state index contributed by atoms with van der Waals surface area (Å²) in [6.07, 6.45) is 6.67. The van der Waals surface area contributed by atoms with Crippen molar-refractivity contribution in [2.75, 3.05) is 13.7 Å². The summed E-state index contributed by atoms with van der Waals surface area (Å²) in [5.41, 5.74) is 0. The van der Waals surface area contributed by atoms with E-state index in [9.17, 15) is 0 Å². The summed E-state index contributed by atoms with van der Waals surface area (Å²) < 4.78 is 5.19. The van der Waals surface area contributed by atoms with Crippen LogP contribution in [0.1, 0.15) is 52.9 Å². The molecule has 1 rings (SSSR count). The molecule has 0 aliphatic heterocycles. The highest BCUT2D eigenvalue weighted by atomic mass is 16.5. The highest BCUT2D eigenvalue weighted by Gasteiger charge is 2.22. The Morgan fingerprint density at radius 2 is 2.06 bits per heavy atom. The molecule has 16 heavy (non-hydrogen) atoms. The van der Waals surface area contributed by atoms with E-state index < -0.39 is 0 Å². The second-order valence-electron chi connectivity index (χ2n) is 5.77. The van der Waals surface area contributed by atoms with Gasteiger partial charge in [-0.25, -0.2) is 0 Å². The molecule has 0 spiro atoms. The maximum Gasteiger partial charge on any atom is 0.0477 e. The second-order valence-corrected chi connectivity index (χ2v) is 5.77. The van der Waals surface area contributed by atoms with Crippen LogP contribution in [0, 0.1) is 11.8 Å². The monoisotopic (exact) mass is 227 g/mol. The summed E-state index contributed by atoms with van der Waals surface area (Å²) in [4.78, 5) is 0.